The lowest BCUT2D eigenvalue weighted by atomic mass is 10.0. The summed E-state index contributed by atoms with van der Waals surface area (Å²) in [4.78, 5) is 0. The fourth-order valence-corrected chi connectivity index (χ4v) is 2.09. The van der Waals surface area contributed by atoms with Crippen molar-refractivity contribution in [2.24, 2.45) is 5.92 Å². The van der Waals surface area contributed by atoms with Gasteiger partial charge in [0.05, 0.1) is 6.61 Å². The highest BCUT2D eigenvalue weighted by molar-refractivity contribution is 5.41. The van der Waals surface area contributed by atoms with E-state index in [4.69, 9.17) is 4.74 Å². The molecule has 0 radical (unpaired) electrons. The van der Waals surface area contributed by atoms with Crippen molar-refractivity contribution in [1.29, 1.82) is 0 Å². The van der Waals surface area contributed by atoms with E-state index in [0.29, 0.717) is 18.4 Å². The molecule has 0 bridgehead atoms. The molecule has 1 rings (SSSR count). The van der Waals surface area contributed by atoms with Crippen molar-refractivity contribution in [3.8, 4) is 11.5 Å². The van der Waals surface area contributed by atoms with E-state index in [9.17, 15) is 5.11 Å². The summed E-state index contributed by atoms with van der Waals surface area (Å²) < 4.78 is 5.39. The molecule has 0 fully saturated rings. The quantitative estimate of drug-likeness (QED) is 0.753. The number of hydrogen-bond acceptors (Lipinski definition) is 3. The van der Waals surface area contributed by atoms with Gasteiger partial charge in [0, 0.05) is 12.6 Å². The van der Waals surface area contributed by atoms with Gasteiger partial charge in [-0.2, -0.15) is 0 Å². The van der Waals surface area contributed by atoms with Crippen LogP contribution in [0.5, 0.6) is 11.5 Å². The third-order valence-electron chi connectivity index (χ3n) is 3.43. The van der Waals surface area contributed by atoms with Crippen LogP contribution in [0.2, 0.25) is 0 Å². The second kappa shape index (κ2) is 8.05. The first-order chi connectivity index (χ1) is 9.06. The van der Waals surface area contributed by atoms with E-state index in [1.54, 1.807) is 6.07 Å². The van der Waals surface area contributed by atoms with Crippen molar-refractivity contribution >= 4 is 0 Å². The number of phenols is 1. The molecule has 0 heterocycles. The molecule has 3 heteroatoms. The van der Waals surface area contributed by atoms with Gasteiger partial charge in [0.15, 0.2) is 11.5 Å². The molecule has 19 heavy (non-hydrogen) atoms. The number of phenolic OH excluding ortho intramolecular Hbond substituents is 1. The van der Waals surface area contributed by atoms with Crippen LogP contribution >= 0.6 is 0 Å². The first-order valence-corrected chi connectivity index (χ1v) is 7.24. The van der Waals surface area contributed by atoms with E-state index in [0.717, 1.165) is 18.0 Å². The van der Waals surface area contributed by atoms with Crippen LogP contribution in [0.15, 0.2) is 18.2 Å². The van der Waals surface area contributed by atoms with E-state index < -0.39 is 0 Å². The lowest BCUT2D eigenvalue weighted by Crippen LogP contribution is -2.27. The van der Waals surface area contributed by atoms with E-state index in [2.05, 4.69) is 26.1 Å². The highest BCUT2D eigenvalue weighted by Crippen LogP contribution is 2.26. The second-order valence-corrected chi connectivity index (χ2v) is 5.27. The largest absolute Gasteiger partial charge is 0.504 e. The third-order valence-corrected chi connectivity index (χ3v) is 3.43. The number of benzene rings is 1. The Morgan fingerprint density at radius 3 is 2.63 bits per heavy atom. The molecule has 0 aromatic heterocycles. The summed E-state index contributed by atoms with van der Waals surface area (Å²) in [5, 5.41) is 13.2. The van der Waals surface area contributed by atoms with Crippen molar-refractivity contribution < 1.29 is 9.84 Å². The molecule has 2 N–H and O–H groups in total. The zero-order valence-corrected chi connectivity index (χ0v) is 12.6. The topological polar surface area (TPSA) is 41.5 Å². The van der Waals surface area contributed by atoms with Crippen LogP contribution in [0.1, 0.15) is 46.1 Å². The summed E-state index contributed by atoms with van der Waals surface area (Å²) in [5.41, 5.74) is 1.14. The Morgan fingerprint density at radius 1 is 1.26 bits per heavy atom. The van der Waals surface area contributed by atoms with Gasteiger partial charge in [-0.1, -0.05) is 26.3 Å². The Hall–Kier alpha value is -1.22. The average Bonchev–Trinajstić information content (AvgIpc) is 2.39. The fourth-order valence-electron chi connectivity index (χ4n) is 2.09. The van der Waals surface area contributed by atoms with Gasteiger partial charge in [0.25, 0.3) is 0 Å². The van der Waals surface area contributed by atoms with Crippen LogP contribution in [-0.2, 0) is 6.54 Å². The summed E-state index contributed by atoms with van der Waals surface area (Å²) in [5.74, 6) is 1.52. The molecule has 2 atom stereocenters. The number of aromatic hydroxyl groups is 1. The Labute approximate surface area is 117 Å². The van der Waals surface area contributed by atoms with Gasteiger partial charge >= 0.3 is 0 Å². The van der Waals surface area contributed by atoms with Gasteiger partial charge in [-0.25, -0.2) is 0 Å². The summed E-state index contributed by atoms with van der Waals surface area (Å²) >= 11 is 0. The Balaban J connectivity index is 2.51. The minimum Gasteiger partial charge on any atom is -0.504 e. The molecular formula is C16H27NO2. The minimum atomic E-state index is 0.207. The standard InChI is InChI=1S/C16H27NO2/c1-5-12(3)9-13(4)17-11-14-7-8-15(18)16(10-14)19-6-2/h7-8,10,12-13,17-18H,5-6,9,11H2,1-4H3. The number of ether oxygens (including phenoxy) is 1. The Kier molecular flexibility index (Phi) is 6.71. The van der Waals surface area contributed by atoms with Crippen molar-refractivity contribution in [3.63, 3.8) is 0 Å². The van der Waals surface area contributed by atoms with Gasteiger partial charge in [0.1, 0.15) is 0 Å². The van der Waals surface area contributed by atoms with Gasteiger partial charge in [-0.05, 0) is 43.9 Å². The molecule has 0 aliphatic rings. The summed E-state index contributed by atoms with van der Waals surface area (Å²) in [6, 6.07) is 6.03. The van der Waals surface area contributed by atoms with E-state index in [1.165, 1.54) is 12.8 Å². The smallest absolute Gasteiger partial charge is 0.161 e. The van der Waals surface area contributed by atoms with Crippen LogP contribution in [0.25, 0.3) is 0 Å². The van der Waals surface area contributed by atoms with Gasteiger partial charge < -0.3 is 15.2 Å². The first-order valence-electron chi connectivity index (χ1n) is 7.24. The van der Waals surface area contributed by atoms with E-state index in [1.807, 2.05) is 19.1 Å². The Bertz CT molecular complexity index is 379. The molecule has 0 aliphatic carbocycles. The average molecular weight is 265 g/mol. The molecule has 1 aromatic rings. The van der Waals surface area contributed by atoms with Crippen LogP contribution in [0, 0.1) is 5.92 Å². The first kappa shape index (κ1) is 15.8. The summed E-state index contributed by atoms with van der Waals surface area (Å²) in [6.07, 6.45) is 2.41. The molecule has 1 aromatic carbocycles. The lowest BCUT2D eigenvalue weighted by Gasteiger charge is -2.18. The van der Waals surface area contributed by atoms with Crippen LogP contribution in [-0.4, -0.2) is 17.8 Å². The maximum absolute atomic E-state index is 9.65. The Morgan fingerprint density at radius 2 is 2.00 bits per heavy atom. The zero-order chi connectivity index (χ0) is 14.3. The lowest BCUT2D eigenvalue weighted by molar-refractivity contribution is 0.317. The molecule has 0 saturated carbocycles. The monoisotopic (exact) mass is 265 g/mol. The van der Waals surface area contributed by atoms with Crippen LogP contribution in [0.4, 0.5) is 0 Å². The summed E-state index contributed by atoms with van der Waals surface area (Å²) in [6.45, 7) is 10.0. The summed E-state index contributed by atoms with van der Waals surface area (Å²) in [7, 11) is 0. The molecule has 0 saturated heterocycles. The molecule has 0 aliphatic heterocycles. The number of nitrogens with one attached hydrogen (secondary N) is 1. The highest BCUT2D eigenvalue weighted by Gasteiger charge is 2.08. The van der Waals surface area contributed by atoms with Crippen molar-refractivity contribution in [3.05, 3.63) is 23.8 Å². The van der Waals surface area contributed by atoms with Crippen molar-refractivity contribution in [1.82, 2.24) is 5.32 Å². The number of rotatable bonds is 8. The fraction of sp³-hybridized carbons (Fsp3) is 0.625. The maximum Gasteiger partial charge on any atom is 0.161 e. The SMILES string of the molecule is CCOc1cc(CNC(C)CC(C)CC)ccc1O. The second-order valence-electron chi connectivity index (χ2n) is 5.27. The van der Waals surface area contributed by atoms with E-state index >= 15 is 0 Å². The highest BCUT2D eigenvalue weighted by atomic mass is 16.5. The van der Waals surface area contributed by atoms with Crippen LogP contribution in [0.3, 0.4) is 0 Å². The molecule has 2 unspecified atom stereocenters. The zero-order valence-electron chi connectivity index (χ0n) is 12.6. The molecule has 108 valence electrons. The van der Waals surface area contributed by atoms with Crippen LogP contribution < -0.4 is 10.1 Å². The van der Waals surface area contributed by atoms with E-state index in [-0.39, 0.29) is 5.75 Å². The molecule has 0 spiro atoms. The maximum atomic E-state index is 9.65. The predicted molar refractivity (Wildman–Crippen MR) is 79.6 cm³/mol. The molecular weight excluding hydrogens is 238 g/mol. The normalized spacial score (nSPS) is 14.1. The number of hydrogen-bond donors (Lipinski definition) is 2. The van der Waals surface area contributed by atoms with Gasteiger partial charge in [0.2, 0.25) is 0 Å². The van der Waals surface area contributed by atoms with Gasteiger partial charge in [-0.15, -0.1) is 0 Å². The molecule has 0 amide bonds. The minimum absolute atomic E-state index is 0.207. The van der Waals surface area contributed by atoms with Gasteiger partial charge in [-0.3, -0.25) is 0 Å². The predicted octanol–water partition coefficient (Wildman–Crippen LogP) is 3.71. The third kappa shape index (κ3) is 5.52. The molecule has 3 nitrogen and oxygen atoms in total. The van der Waals surface area contributed by atoms with Crippen molar-refractivity contribution in [2.75, 3.05) is 6.61 Å². The van der Waals surface area contributed by atoms with Crippen molar-refractivity contribution in [2.45, 2.75) is 53.1 Å².